The lowest BCUT2D eigenvalue weighted by Gasteiger charge is -2.33. The fourth-order valence-corrected chi connectivity index (χ4v) is 5.91. The molecule has 0 aliphatic rings. The number of carbonyl (C=O) groups excluding carboxylic acids is 2. The highest BCUT2D eigenvalue weighted by molar-refractivity contribution is 7.92. The van der Waals surface area contributed by atoms with Gasteiger partial charge in [-0.25, -0.2) is 12.8 Å². The van der Waals surface area contributed by atoms with Gasteiger partial charge in [0.1, 0.15) is 18.4 Å². The van der Waals surface area contributed by atoms with E-state index >= 15 is 0 Å². The Hall–Kier alpha value is -2.85. The first-order valence-electron chi connectivity index (χ1n) is 12.4. The SMILES string of the molecule is CC[C@H](C)NC(=O)[C@@H](C)N(Cc1c(Cl)cccc1Cl)C(=O)CN(c1ccc(F)c(Cl)c1)S(=O)(=O)c1ccccc1. The van der Waals surface area contributed by atoms with Gasteiger partial charge in [-0.2, -0.15) is 0 Å². The molecule has 2 amide bonds. The van der Waals surface area contributed by atoms with E-state index in [0.717, 1.165) is 16.4 Å². The number of anilines is 1. The molecule has 0 unspecified atom stereocenters. The number of halogens is 4. The van der Waals surface area contributed by atoms with Gasteiger partial charge in [-0.05, 0) is 62.7 Å². The summed E-state index contributed by atoms with van der Waals surface area (Å²) in [6.45, 7) is 4.37. The minimum absolute atomic E-state index is 0.0314. The molecule has 0 spiro atoms. The van der Waals surface area contributed by atoms with Gasteiger partial charge in [0, 0.05) is 28.2 Å². The number of hydrogen-bond donors (Lipinski definition) is 1. The van der Waals surface area contributed by atoms with Crippen LogP contribution in [0, 0.1) is 5.82 Å². The van der Waals surface area contributed by atoms with E-state index < -0.39 is 40.2 Å². The number of rotatable bonds is 11. The third-order valence-corrected chi connectivity index (χ3v) is 9.15. The van der Waals surface area contributed by atoms with E-state index in [2.05, 4.69) is 5.32 Å². The lowest BCUT2D eigenvalue weighted by Crippen LogP contribution is -2.52. The molecule has 0 saturated carbocycles. The second-order valence-corrected chi connectivity index (χ2v) is 12.2. The first kappa shape index (κ1) is 31.7. The van der Waals surface area contributed by atoms with E-state index in [-0.39, 0.29) is 38.2 Å². The van der Waals surface area contributed by atoms with Crippen LogP contribution in [0.5, 0.6) is 0 Å². The van der Waals surface area contributed by atoms with Crippen LogP contribution in [0.3, 0.4) is 0 Å². The third kappa shape index (κ3) is 7.46. The maximum atomic E-state index is 14.0. The van der Waals surface area contributed by atoms with Crippen LogP contribution in [0.25, 0.3) is 0 Å². The molecule has 0 aromatic heterocycles. The van der Waals surface area contributed by atoms with Crippen molar-refractivity contribution in [3.8, 4) is 0 Å². The highest BCUT2D eigenvalue weighted by Gasteiger charge is 2.33. The topological polar surface area (TPSA) is 86.8 Å². The summed E-state index contributed by atoms with van der Waals surface area (Å²) in [6, 6.07) is 14.5. The molecule has 214 valence electrons. The van der Waals surface area contributed by atoms with Crippen LogP contribution in [-0.4, -0.2) is 43.8 Å². The van der Waals surface area contributed by atoms with Crippen molar-refractivity contribution in [1.29, 1.82) is 0 Å². The molecule has 0 fully saturated rings. The summed E-state index contributed by atoms with van der Waals surface area (Å²) in [5.41, 5.74) is 0.362. The summed E-state index contributed by atoms with van der Waals surface area (Å²) in [5, 5.41) is 3.08. The van der Waals surface area contributed by atoms with E-state index in [1.54, 1.807) is 24.3 Å². The van der Waals surface area contributed by atoms with Gasteiger partial charge >= 0.3 is 0 Å². The fourth-order valence-electron chi connectivity index (χ4n) is 3.79. The molecule has 40 heavy (non-hydrogen) atoms. The van der Waals surface area contributed by atoms with Crippen molar-refractivity contribution in [2.75, 3.05) is 10.8 Å². The largest absolute Gasteiger partial charge is 0.352 e. The summed E-state index contributed by atoms with van der Waals surface area (Å²) in [5.74, 6) is -1.91. The molecule has 0 bridgehead atoms. The van der Waals surface area contributed by atoms with Crippen LogP contribution in [0.4, 0.5) is 10.1 Å². The minimum atomic E-state index is -4.32. The molecule has 2 atom stereocenters. The van der Waals surface area contributed by atoms with Gasteiger partial charge in [0.2, 0.25) is 11.8 Å². The quantitative estimate of drug-likeness (QED) is 0.270. The van der Waals surface area contributed by atoms with E-state index in [9.17, 15) is 22.4 Å². The lowest BCUT2D eigenvalue weighted by molar-refractivity contribution is -0.139. The van der Waals surface area contributed by atoms with Gasteiger partial charge in [-0.1, -0.05) is 66.0 Å². The van der Waals surface area contributed by atoms with Gasteiger partial charge in [-0.15, -0.1) is 0 Å². The summed E-state index contributed by atoms with van der Waals surface area (Å²) >= 11 is 18.7. The maximum Gasteiger partial charge on any atom is 0.264 e. The molecule has 0 aliphatic carbocycles. The number of hydrogen-bond acceptors (Lipinski definition) is 4. The Bertz CT molecular complexity index is 1450. The van der Waals surface area contributed by atoms with Gasteiger partial charge in [0.05, 0.1) is 15.6 Å². The number of carbonyl (C=O) groups is 2. The van der Waals surface area contributed by atoms with E-state index in [1.807, 2.05) is 13.8 Å². The molecule has 12 heteroatoms. The molecule has 3 aromatic rings. The monoisotopic (exact) mass is 627 g/mol. The molecule has 0 radical (unpaired) electrons. The van der Waals surface area contributed by atoms with Gasteiger partial charge in [0.25, 0.3) is 10.0 Å². The number of nitrogens with one attached hydrogen (secondary N) is 1. The van der Waals surface area contributed by atoms with Crippen LogP contribution in [0.2, 0.25) is 15.1 Å². The average molecular weight is 629 g/mol. The van der Waals surface area contributed by atoms with Crippen molar-refractivity contribution in [3.05, 3.63) is 93.2 Å². The highest BCUT2D eigenvalue weighted by Crippen LogP contribution is 2.30. The molecule has 0 aliphatic heterocycles. The molecule has 3 aromatic carbocycles. The Morgan fingerprint density at radius 3 is 2.12 bits per heavy atom. The smallest absolute Gasteiger partial charge is 0.264 e. The Morgan fingerprint density at radius 1 is 0.925 bits per heavy atom. The van der Waals surface area contributed by atoms with Gasteiger partial charge in [-0.3, -0.25) is 13.9 Å². The number of sulfonamides is 1. The van der Waals surface area contributed by atoms with Crippen molar-refractivity contribution < 1.29 is 22.4 Å². The summed E-state index contributed by atoms with van der Waals surface area (Å²) < 4.78 is 42.3. The van der Waals surface area contributed by atoms with Gasteiger partial charge < -0.3 is 10.2 Å². The summed E-state index contributed by atoms with van der Waals surface area (Å²) in [7, 11) is -4.32. The second kappa shape index (κ2) is 13.7. The van der Waals surface area contributed by atoms with E-state index in [0.29, 0.717) is 12.0 Å². The predicted octanol–water partition coefficient (Wildman–Crippen LogP) is 6.31. The predicted molar refractivity (Wildman–Crippen MR) is 157 cm³/mol. The Labute approximate surface area is 248 Å². The fraction of sp³-hybridized carbons (Fsp3) is 0.286. The van der Waals surface area contributed by atoms with Crippen LogP contribution in [0.1, 0.15) is 32.8 Å². The standard InChI is InChI=1S/C28H29Cl3FN3O4S/c1-4-18(2)33-28(37)19(3)34(16-22-23(29)11-8-12-24(22)30)27(36)17-35(20-13-14-26(32)25(31)15-20)40(38,39)21-9-6-5-7-10-21/h5-15,18-19H,4,16-17H2,1-3H3,(H,33,37)/t18-,19+/m0/s1. The van der Waals surface area contributed by atoms with Crippen LogP contribution >= 0.6 is 34.8 Å². The van der Waals surface area contributed by atoms with E-state index in [4.69, 9.17) is 34.8 Å². The van der Waals surface area contributed by atoms with E-state index in [1.165, 1.54) is 42.2 Å². The number of amides is 2. The Kier molecular flexibility index (Phi) is 10.8. The lowest BCUT2D eigenvalue weighted by atomic mass is 10.1. The maximum absolute atomic E-state index is 14.0. The highest BCUT2D eigenvalue weighted by atomic mass is 35.5. The van der Waals surface area contributed by atoms with Crippen molar-refractivity contribution in [2.45, 2.75) is 50.7 Å². The molecular formula is C28H29Cl3FN3O4S. The van der Waals surface area contributed by atoms with Crippen LogP contribution in [-0.2, 0) is 26.2 Å². The Morgan fingerprint density at radius 2 is 1.55 bits per heavy atom. The molecule has 0 saturated heterocycles. The second-order valence-electron chi connectivity index (χ2n) is 9.14. The minimum Gasteiger partial charge on any atom is -0.352 e. The van der Waals surface area contributed by atoms with Crippen LogP contribution in [0.15, 0.2) is 71.6 Å². The molecule has 1 N–H and O–H groups in total. The van der Waals surface area contributed by atoms with Crippen molar-refractivity contribution in [2.24, 2.45) is 0 Å². The zero-order valence-electron chi connectivity index (χ0n) is 22.1. The first-order valence-corrected chi connectivity index (χ1v) is 15.0. The van der Waals surface area contributed by atoms with Crippen LogP contribution < -0.4 is 9.62 Å². The zero-order valence-corrected chi connectivity index (χ0v) is 25.2. The summed E-state index contributed by atoms with van der Waals surface area (Å²) in [4.78, 5) is 28.2. The van der Waals surface area contributed by atoms with Crippen molar-refractivity contribution in [1.82, 2.24) is 10.2 Å². The van der Waals surface area contributed by atoms with Crippen molar-refractivity contribution in [3.63, 3.8) is 0 Å². The molecule has 7 nitrogen and oxygen atoms in total. The zero-order chi connectivity index (χ0) is 29.6. The number of benzene rings is 3. The summed E-state index contributed by atoms with van der Waals surface area (Å²) in [6.07, 6.45) is 0.664. The normalized spacial score (nSPS) is 12.9. The first-order chi connectivity index (χ1) is 18.9. The molecule has 0 heterocycles. The Balaban J connectivity index is 2.08. The van der Waals surface area contributed by atoms with Gasteiger partial charge in [0.15, 0.2) is 0 Å². The third-order valence-electron chi connectivity index (χ3n) is 6.36. The van der Waals surface area contributed by atoms with Crippen molar-refractivity contribution >= 4 is 62.3 Å². The molecule has 3 rings (SSSR count). The number of nitrogens with zero attached hydrogens (tertiary/aromatic N) is 2. The molecular weight excluding hydrogens is 600 g/mol. The average Bonchev–Trinajstić information content (AvgIpc) is 2.93.